The monoisotopic (exact) mass is 660 g/mol. The zero-order chi connectivity index (χ0) is 31.6. The first-order valence-electron chi connectivity index (χ1n) is 14.5. The van der Waals surface area contributed by atoms with Crippen molar-refractivity contribution in [3.63, 3.8) is 0 Å². The number of alkyl halides is 1. The third-order valence-electron chi connectivity index (χ3n) is 9.09. The second-order valence-electron chi connectivity index (χ2n) is 11.6. The van der Waals surface area contributed by atoms with Gasteiger partial charge < -0.3 is 30.3 Å². The quantitative estimate of drug-likeness (QED) is 0.261. The molecule has 10 nitrogen and oxygen atoms in total. The summed E-state index contributed by atoms with van der Waals surface area (Å²) >= 11 is 7.76. The van der Waals surface area contributed by atoms with E-state index in [-0.39, 0.29) is 85.0 Å². The lowest BCUT2D eigenvalue weighted by atomic mass is 9.95. The normalized spacial score (nSPS) is 21.4. The molecular weight excluding hydrogens is 633 g/mol. The number of anilines is 2. The zero-order valence-electron chi connectivity index (χ0n) is 23.8. The summed E-state index contributed by atoms with van der Waals surface area (Å²) < 4.78 is 58.5. The van der Waals surface area contributed by atoms with Gasteiger partial charge in [-0.2, -0.15) is 15.2 Å². The summed E-state index contributed by atoms with van der Waals surface area (Å²) in [4.78, 5) is 12.7. The first-order valence-corrected chi connectivity index (χ1v) is 15.7. The Kier molecular flexibility index (Phi) is 7.57. The number of ether oxygens (including phenoxy) is 2. The SMILES string of the molecule is N#Cc1c(N)sc2c(F)ccc(-c3c(Cl)c4c5c(nc(OC[C@@]67CCCN6C[C@H](F)C7)nc5c3F)N(C(CO)CO)CCO4)c12. The summed E-state index contributed by atoms with van der Waals surface area (Å²) in [6, 6.07) is 3.45. The van der Waals surface area contributed by atoms with Crippen LogP contribution in [0.15, 0.2) is 12.1 Å². The minimum absolute atomic E-state index is 0.0118. The predicted molar refractivity (Wildman–Crippen MR) is 164 cm³/mol. The average molecular weight is 661 g/mol. The largest absolute Gasteiger partial charge is 0.489 e. The van der Waals surface area contributed by atoms with Crippen LogP contribution in [-0.4, -0.2) is 88.9 Å². The van der Waals surface area contributed by atoms with E-state index in [1.807, 2.05) is 6.07 Å². The third kappa shape index (κ3) is 4.63. The highest BCUT2D eigenvalue weighted by atomic mass is 35.5. The van der Waals surface area contributed by atoms with Crippen molar-refractivity contribution in [1.82, 2.24) is 14.9 Å². The molecule has 3 aliphatic rings. The molecule has 236 valence electrons. The summed E-state index contributed by atoms with van der Waals surface area (Å²) in [6.07, 6.45) is 0.937. The van der Waals surface area contributed by atoms with Crippen molar-refractivity contribution in [3.8, 4) is 29.0 Å². The van der Waals surface area contributed by atoms with Crippen LogP contribution in [0.4, 0.5) is 24.0 Å². The Hall–Kier alpha value is -3.61. The molecule has 4 aromatic rings. The first-order chi connectivity index (χ1) is 21.7. The maximum Gasteiger partial charge on any atom is 0.319 e. The van der Waals surface area contributed by atoms with Crippen LogP contribution in [0.2, 0.25) is 5.02 Å². The fourth-order valence-corrected chi connectivity index (χ4v) is 8.28. The summed E-state index contributed by atoms with van der Waals surface area (Å²) in [5.74, 6) is -1.37. The molecule has 5 heterocycles. The molecule has 3 aliphatic heterocycles. The van der Waals surface area contributed by atoms with E-state index in [4.69, 9.17) is 26.8 Å². The Morgan fingerprint density at radius 3 is 2.80 bits per heavy atom. The number of hydrogen-bond donors (Lipinski definition) is 3. The van der Waals surface area contributed by atoms with Gasteiger partial charge in [0.25, 0.3) is 0 Å². The van der Waals surface area contributed by atoms with Gasteiger partial charge >= 0.3 is 6.01 Å². The van der Waals surface area contributed by atoms with Gasteiger partial charge in [0.05, 0.1) is 52.0 Å². The molecule has 2 saturated heterocycles. The Morgan fingerprint density at radius 1 is 1.24 bits per heavy atom. The molecule has 2 aromatic heterocycles. The van der Waals surface area contributed by atoms with E-state index in [2.05, 4.69) is 14.9 Å². The van der Waals surface area contributed by atoms with Crippen molar-refractivity contribution in [3.05, 3.63) is 34.4 Å². The Labute approximate surface area is 264 Å². The van der Waals surface area contributed by atoms with Gasteiger partial charge in [-0.1, -0.05) is 17.7 Å². The minimum Gasteiger partial charge on any atom is -0.489 e. The minimum atomic E-state index is -0.986. The first kappa shape index (κ1) is 30.1. The molecule has 0 aliphatic carbocycles. The van der Waals surface area contributed by atoms with Crippen molar-refractivity contribution < 1.29 is 32.9 Å². The smallest absolute Gasteiger partial charge is 0.319 e. The molecular formula is C30H28ClF3N6O4S. The van der Waals surface area contributed by atoms with Crippen molar-refractivity contribution in [2.75, 3.05) is 56.7 Å². The van der Waals surface area contributed by atoms with Gasteiger partial charge in [-0.25, -0.2) is 13.2 Å². The molecule has 2 aromatic carbocycles. The topological polar surface area (TPSA) is 141 Å². The van der Waals surface area contributed by atoms with E-state index < -0.39 is 42.6 Å². The van der Waals surface area contributed by atoms with Crippen LogP contribution in [-0.2, 0) is 0 Å². The average Bonchev–Trinajstić information content (AvgIpc) is 3.62. The molecule has 0 amide bonds. The number of nitrogens with two attached hydrogens (primary N) is 1. The van der Waals surface area contributed by atoms with E-state index >= 15 is 4.39 Å². The predicted octanol–water partition coefficient (Wildman–Crippen LogP) is 4.40. The molecule has 45 heavy (non-hydrogen) atoms. The summed E-state index contributed by atoms with van der Waals surface area (Å²) in [7, 11) is 0. The van der Waals surface area contributed by atoms with Gasteiger partial charge in [0.15, 0.2) is 11.6 Å². The lowest BCUT2D eigenvalue weighted by molar-refractivity contribution is 0.107. The van der Waals surface area contributed by atoms with Crippen molar-refractivity contribution in [2.24, 2.45) is 0 Å². The Bertz CT molecular complexity index is 1890. The van der Waals surface area contributed by atoms with Crippen molar-refractivity contribution in [2.45, 2.75) is 37.0 Å². The second kappa shape index (κ2) is 11.3. The fourth-order valence-electron chi connectivity index (χ4n) is 7.00. The molecule has 4 N–H and O–H groups in total. The summed E-state index contributed by atoms with van der Waals surface area (Å²) in [6.45, 7) is 0.413. The lowest BCUT2D eigenvalue weighted by Gasteiger charge is -2.31. The number of halogens is 4. The number of aromatic nitrogens is 2. The highest BCUT2D eigenvalue weighted by Gasteiger charge is 2.49. The zero-order valence-corrected chi connectivity index (χ0v) is 25.4. The van der Waals surface area contributed by atoms with Crippen molar-refractivity contribution >= 4 is 54.7 Å². The van der Waals surface area contributed by atoms with E-state index in [9.17, 15) is 24.3 Å². The molecule has 0 unspecified atom stereocenters. The molecule has 0 saturated carbocycles. The van der Waals surface area contributed by atoms with E-state index in [0.717, 1.165) is 36.8 Å². The van der Waals surface area contributed by atoms with Crippen molar-refractivity contribution in [1.29, 1.82) is 5.26 Å². The lowest BCUT2D eigenvalue weighted by Crippen LogP contribution is -2.44. The van der Waals surface area contributed by atoms with Gasteiger partial charge in [0, 0.05) is 23.9 Å². The molecule has 0 bridgehead atoms. The van der Waals surface area contributed by atoms with Crippen LogP contribution in [0.25, 0.3) is 32.1 Å². The Morgan fingerprint density at radius 2 is 2.04 bits per heavy atom. The maximum atomic E-state index is 17.0. The Balaban J connectivity index is 1.46. The van der Waals surface area contributed by atoms with Gasteiger partial charge in [-0.15, -0.1) is 11.3 Å². The maximum absolute atomic E-state index is 17.0. The molecule has 2 fully saturated rings. The van der Waals surface area contributed by atoms with E-state index in [1.165, 1.54) is 6.07 Å². The number of nitrogen functional groups attached to an aromatic ring is 1. The number of nitriles is 1. The third-order valence-corrected chi connectivity index (χ3v) is 10.5. The molecule has 0 spiro atoms. The van der Waals surface area contributed by atoms with Gasteiger partial charge in [0.2, 0.25) is 0 Å². The summed E-state index contributed by atoms with van der Waals surface area (Å²) in [5.41, 5.74) is 5.20. The van der Waals surface area contributed by atoms with Crippen LogP contribution in [0.3, 0.4) is 0 Å². The highest BCUT2D eigenvalue weighted by molar-refractivity contribution is 7.23. The van der Waals surface area contributed by atoms with Crippen LogP contribution in [0.5, 0.6) is 11.8 Å². The molecule has 0 radical (unpaired) electrons. The molecule has 15 heteroatoms. The van der Waals surface area contributed by atoms with Crippen LogP contribution >= 0.6 is 22.9 Å². The van der Waals surface area contributed by atoms with E-state index in [0.29, 0.717) is 13.0 Å². The van der Waals surface area contributed by atoms with Gasteiger partial charge in [-0.05, 0) is 31.0 Å². The number of aliphatic hydroxyl groups is 2. The number of hydrogen-bond acceptors (Lipinski definition) is 11. The van der Waals surface area contributed by atoms with Gasteiger partial charge in [0.1, 0.15) is 47.6 Å². The number of nitrogens with zero attached hydrogens (tertiary/aromatic N) is 5. The number of fused-ring (bicyclic) bond motifs is 2. The number of benzene rings is 2. The number of thiophene rings is 1. The van der Waals surface area contributed by atoms with E-state index in [1.54, 1.807) is 4.90 Å². The highest BCUT2D eigenvalue weighted by Crippen LogP contribution is 2.51. The number of aliphatic hydroxyl groups excluding tert-OH is 2. The van der Waals surface area contributed by atoms with Crippen LogP contribution < -0.4 is 20.1 Å². The standard InChI is InChI=1S/C30H28ClF3N6O4S/c31-22-20(16-2-3-18(33)26-19(16)17(9-35)27(36)45-26)23(34)24-21-25(22)43-7-6-40(15(11-41)12-42)28(21)38-29(37-24)44-13-30-4-1-5-39(30)10-14(32)8-30/h2-3,14-15,41-42H,1,4-8,10-13,36H2/t14-,30+/m1/s1. The number of rotatable bonds is 7. The molecule has 7 rings (SSSR count). The van der Waals surface area contributed by atoms with Crippen LogP contribution in [0, 0.1) is 23.0 Å². The fraction of sp³-hybridized carbons (Fsp3) is 0.433. The van der Waals surface area contributed by atoms with Crippen LogP contribution in [0.1, 0.15) is 24.8 Å². The second-order valence-corrected chi connectivity index (χ2v) is 13.0. The molecule has 2 atom stereocenters. The summed E-state index contributed by atoms with van der Waals surface area (Å²) in [5, 5.41) is 30.1. The van der Waals surface area contributed by atoms with Gasteiger partial charge in [-0.3, -0.25) is 4.90 Å².